The topological polar surface area (TPSA) is 12.5 Å². The summed E-state index contributed by atoms with van der Waals surface area (Å²) in [5, 5.41) is 2.65. The van der Waals surface area contributed by atoms with E-state index in [2.05, 4.69) is 195 Å². The molecule has 0 aliphatic carbocycles. The number of hydrogen-bond donors (Lipinski definition) is 0. The molecule has 2 aliphatic rings. The van der Waals surface area contributed by atoms with Gasteiger partial charge in [0.2, 0.25) is 0 Å². The Morgan fingerprint density at radius 3 is 1.71 bits per heavy atom. The third-order valence-electron chi connectivity index (χ3n) is 13.0. The molecular formula is C54H56BN3. The second-order valence-electron chi connectivity index (χ2n) is 21.1. The molecule has 0 atom stereocenters. The number of benzene rings is 6. The Bertz CT molecular complexity index is 2870. The SMILES string of the molecule is [C-]#[N+]c1ccc(-c2cc3c4c(c2C)-c2cc(C(C)(C)C)cc5c6cc(C(C)(C)C)ccc6n(c25)B4c2cc(C(C)(C)C)ccc2N3c2ccc(C(C)(C)C)cc2)cc1. The molecule has 3 heterocycles. The summed E-state index contributed by atoms with van der Waals surface area (Å²) in [7, 11) is 0. The van der Waals surface area contributed by atoms with Crippen molar-refractivity contribution in [2.24, 2.45) is 0 Å². The highest BCUT2D eigenvalue weighted by atomic mass is 15.2. The summed E-state index contributed by atoms with van der Waals surface area (Å²) in [6.07, 6.45) is 0. The van der Waals surface area contributed by atoms with E-state index in [1.54, 1.807) is 0 Å². The Hall–Kier alpha value is -5.53. The first kappa shape index (κ1) is 38.0. The van der Waals surface area contributed by atoms with Crippen molar-refractivity contribution in [2.45, 2.75) is 112 Å². The normalized spacial score (nSPS) is 13.9. The van der Waals surface area contributed by atoms with Gasteiger partial charge in [-0.1, -0.05) is 138 Å². The Morgan fingerprint density at radius 1 is 0.534 bits per heavy atom. The number of fused-ring (bicyclic) bond motifs is 7. The van der Waals surface area contributed by atoms with Crippen LogP contribution < -0.4 is 15.8 Å². The van der Waals surface area contributed by atoms with E-state index in [1.165, 1.54) is 88.6 Å². The molecule has 0 N–H and O–H groups in total. The number of hydrogen-bond acceptors (Lipinski definition) is 1. The fraction of sp³-hybridized carbons (Fsp3) is 0.315. The van der Waals surface area contributed by atoms with Crippen molar-refractivity contribution >= 4 is 62.3 Å². The predicted molar refractivity (Wildman–Crippen MR) is 251 cm³/mol. The summed E-state index contributed by atoms with van der Waals surface area (Å²) in [5.74, 6) is 0. The number of rotatable bonds is 2. The molecule has 3 nitrogen and oxygen atoms in total. The van der Waals surface area contributed by atoms with Crippen LogP contribution in [0.3, 0.4) is 0 Å². The highest BCUT2D eigenvalue weighted by Gasteiger charge is 2.45. The van der Waals surface area contributed by atoms with Gasteiger partial charge < -0.3 is 9.38 Å². The molecular weight excluding hydrogens is 701 g/mol. The van der Waals surface area contributed by atoms with Crippen LogP contribution in [0.2, 0.25) is 0 Å². The average Bonchev–Trinajstić information content (AvgIpc) is 3.49. The molecule has 7 aromatic rings. The Kier molecular flexibility index (Phi) is 8.19. The molecule has 0 radical (unpaired) electrons. The first-order chi connectivity index (χ1) is 27.2. The van der Waals surface area contributed by atoms with Crippen LogP contribution in [-0.4, -0.2) is 11.3 Å². The molecule has 0 fully saturated rings. The average molecular weight is 758 g/mol. The molecule has 58 heavy (non-hydrogen) atoms. The van der Waals surface area contributed by atoms with E-state index in [4.69, 9.17) is 6.57 Å². The number of aromatic nitrogens is 1. The second-order valence-corrected chi connectivity index (χ2v) is 21.1. The van der Waals surface area contributed by atoms with Gasteiger partial charge in [-0.15, -0.1) is 0 Å². The van der Waals surface area contributed by atoms with Crippen molar-refractivity contribution in [3.8, 4) is 22.3 Å². The van der Waals surface area contributed by atoms with E-state index in [-0.39, 0.29) is 28.5 Å². The maximum absolute atomic E-state index is 7.69. The molecule has 9 rings (SSSR count). The minimum absolute atomic E-state index is 0.0137. The van der Waals surface area contributed by atoms with Crippen molar-refractivity contribution in [3.05, 3.63) is 142 Å². The van der Waals surface area contributed by atoms with Gasteiger partial charge in [0.1, 0.15) is 0 Å². The van der Waals surface area contributed by atoms with E-state index in [0.29, 0.717) is 5.69 Å². The first-order valence-corrected chi connectivity index (χ1v) is 21.0. The highest BCUT2D eigenvalue weighted by molar-refractivity contribution is 6.90. The molecule has 2 aliphatic heterocycles. The molecule has 290 valence electrons. The third kappa shape index (κ3) is 5.76. The van der Waals surface area contributed by atoms with Gasteiger partial charge >= 0.3 is 6.85 Å². The summed E-state index contributed by atoms with van der Waals surface area (Å²) < 4.78 is 2.71. The van der Waals surface area contributed by atoms with Crippen molar-refractivity contribution in [1.82, 2.24) is 4.48 Å². The van der Waals surface area contributed by atoms with Gasteiger partial charge in [-0.2, -0.15) is 0 Å². The Labute approximate surface area is 346 Å². The molecule has 0 saturated carbocycles. The monoisotopic (exact) mass is 757 g/mol. The molecule has 0 amide bonds. The van der Waals surface area contributed by atoms with Crippen molar-refractivity contribution in [1.29, 1.82) is 0 Å². The van der Waals surface area contributed by atoms with Gasteiger partial charge in [0, 0.05) is 44.4 Å². The van der Waals surface area contributed by atoms with E-state index in [9.17, 15) is 0 Å². The van der Waals surface area contributed by atoms with Gasteiger partial charge in [-0.05, 0) is 133 Å². The van der Waals surface area contributed by atoms with Crippen LogP contribution in [0.25, 0.3) is 48.9 Å². The largest absolute Gasteiger partial charge is 0.375 e. The summed E-state index contributed by atoms with van der Waals surface area (Å²) in [6.45, 7) is 37.8. The second kappa shape index (κ2) is 12.5. The Balaban J connectivity index is 1.49. The molecule has 0 unspecified atom stereocenters. The van der Waals surface area contributed by atoms with Gasteiger partial charge in [0.05, 0.1) is 6.57 Å². The quantitative estimate of drug-likeness (QED) is 0.126. The molecule has 6 aromatic carbocycles. The first-order valence-electron chi connectivity index (χ1n) is 21.0. The fourth-order valence-corrected chi connectivity index (χ4v) is 9.54. The third-order valence-corrected chi connectivity index (χ3v) is 13.0. The van der Waals surface area contributed by atoms with Crippen LogP contribution in [0.4, 0.5) is 22.7 Å². The van der Waals surface area contributed by atoms with Crippen LogP contribution in [0, 0.1) is 13.5 Å². The van der Waals surface area contributed by atoms with E-state index in [0.717, 1.165) is 11.3 Å². The van der Waals surface area contributed by atoms with Crippen LogP contribution in [0.15, 0.2) is 103 Å². The Morgan fingerprint density at radius 2 is 1.10 bits per heavy atom. The smallest absolute Gasteiger partial charge is 0.333 e. The zero-order valence-corrected chi connectivity index (χ0v) is 36.7. The summed E-state index contributed by atoms with van der Waals surface area (Å²) in [4.78, 5) is 6.28. The minimum Gasteiger partial charge on any atom is -0.375 e. The van der Waals surface area contributed by atoms with Gasteiger partial charge in [0.15, 0.2) is 5.69 Å². The maximum Gasteiger partial charge on any atom is 0.333 e. The lowest BCUT2D eigenvalue weighted by atomic mass is 9.44. The molecule has 0 saturated heterocycles. The lowest BCUT2D eigenvalue weighted by molar-refractivity contribution is 0.590. The highest BCUT2D eigenvalue weighted by Crippen LogP contribution is 2.50. The van der Waals surface area contributed by atoms with Crippen LogP contribution in [0.1, 0.15) is 111 Å². The zero-order chi connectivity index (χ0) is 41.4. The summed E-state index contributed by atoms with van der Waals surface area (Å²) in [5.41, 5.74) is 21.1. The van der Waals surface area contributed by atoms with Crippen molar-refractivity contribution < 1.29 is 0 Å². The van der Waals surface area contributed by atoms with Gasteiger partial charge in [0.25, 0.3) is 0 Å². The summed E-state index contributed by atoms with van der Waals surface area (Å²) in [6, 6.07) is 39.4. The van der Waals surface area contributed by atoms with Crippen molar-refractivity contribution in [3.63, 3.8) is 0 Å². The molecule has 0 bridgehead atoms. The lowest BCUT2D eigenvalue weighted by Crippen LogP contribution is -2.57. The lowest BCUT2D eigenvalue weighted by Gasteiger charge is -2.42. The van der Waals surface area contributed by atoms with Crippen LogP contribution in [-0.2, 0) is 21.7 Å². The predicted octanol–water partition coefficient (Wildman–Crippen LogP) is 13.9. The number of anilines is 3. The van der Waals surface area contributed by atoms with E-state index in [1.807, 2.05) is 12.1 Å². The molecule has 1 aromatic heterocycles. The molecule has 4 heteroatoms. The van der Waals surface area contributed by atoms with Crippen LogP contribution in [0.5, 0.6) is 0 Å². The minimum atomic E-state index is -0.0617. The maximum atomic E-state index is 7.69. The van der Waals surface area contributed by atoms with E-state index < -0.39 is 0 Å². The number of nitrogens with zero attached hydrogens (tertiary/aromatic N) is 3. The summed E-state index contributed by atoms with van der Waals surface area (Å²) >= 11 is 0. The van der Waals surface area contributed by atoms with E-state index >= 15 is 0 Å². The zero-order valence-electron chi connectivity index (χ0n) is 36.7. The van der Waals surface area contributed by atoms with Gasteiger partial charge in [-0.3, -0.25) is 0 Å². The van der Waals surface area contributed by atoms with Crippen LogP contribution >= 0.6 is 0 Å². The molecule has 0 spiro atoms. The standard InChI is InChI=1S/C54H56BN3/c1-32-40(33-15-21-38(56-14)22-16-33)31-47-49-48(32)43-29-37(54(11,12)13)28-42-41-27-35(52(5,6)7)19-25-45(41)58(50(42)43)55(49)44-30-36(53(8,9)10)20-26-46(44)57(47)39-23-17-34(18-24-39)51(2,3)4/h15-31H,1-13H3. The van der Waals surface area contributed by atoms with Gasteiger partial charge in [-0.25, -0.2) is 4.85 Å². The fourth-order valence-electron chi connectivity index (χ4n) is 9.54. The van der Waals surface area contributed by atoms with Crippen molar-refractivity contribution in [2.75, 3.05) is 4.90 Å².